The van der Waals surface area contributed by atoms with Gasteiger partial charge in [0.15, 0.2) is 0 Å². The third-order valence-electron chi connectivity index (χ3n) is 5.98. The predicted octanol–water partition coefficient (Wildman–Crippen LogP) is 4.31. The van der Waals surface area contributed by atoms with Crippen LogP contribution in [0.25, 0.3) is 11.1 Å². The molecule has 0 saturated carbocycles. The number of carbonyl (C=O) groups excluding carboxylic acids is 2. The van der Waals surface area contributed by atoms with Gasteiger partial charge in [0, 0.05) is 18.4 Å². The van der Waals surface area contributed by atoms with E-state index in [0.29, 0.717) is 6.42 Å². The van der Waals surface area contributed by atoms with E-state index in [1.807, 2.05) is 31.2 Å². The number of hydrogen-bond donors (Lipinski definition) is 3. The second-order valence-corrected chi connectivity index (χ2v) is 8.79. The Morgan fingerprint density at radius 2 is 1.55 bits per heavy atom. The molecule has 3 rings (SSSR count). The highest BCUT2D eigenvalue weighted by Crippen LogP contribution is 2.44. The van der Waals surface area contributed by atoms with Gasteiger partial charge in [-0.2, -0.15) is 0 Å². The summed E-state index contributed by atoms with van der Waals surface area (Å²) in [6, 6.07) is 14.8. The molecule has 33 heavy (non-hydrogen) atoms. The second-order valence-electron chi connectivity index (χ2n) is 8.79. The molecule has 2 aromatic carbocycles. The van der Waals surface area contributed by atoms with Gasteiger partial charge in [-0.25, -0.2) is 9.59 Å². The zero-order valence-electron chi connectivity index (χ0n) is 19.3. The van der Waals surface area contributed by atoms with Crippen molar-refractivity contribution in [3.05, 3.63) is 59.7 Å². The molecule has 2 amide bonds. The van der Waals surface area contributed by atoms with Crippen LogP contribution < -0.4 is 10.6 Å². The number of rotatable bonds is 10. The van der Waals surface area contributed by atoms with Crippen LogP contribution in [0.1, 0.15) is 57.1 Å². The molecular weight excluding hydrogens is 420 g/mol. The maximum Gasteiger partial charge on any atom is 0.407 e. The standard InChI is InChI=1S/C26H32N2O5/c1-4-9-17(14-23(29)28-24(16(2)3)25(30)31)27-26(32)33-15-22-20-12-7-5-10-18(20)19-11-6-8-13-21(19)22/h5-8,10-13,16-17,22,24H,4,9,14-15H2,1-3H3,(H,27,32)(H,28,29)(H,30,31)/t17-,24-/m1/s1. The number of fused-ring (bicyclic) bond motifs is 3. The van der Waals surface area contributed by atoms with Crippen molar-refractivity contribution in [2.45, 2.75) is 58.0 Å². The lowest BCUT2D eigenvalue weighted by Gasteiger charge is -2.22. The minimum atomic E-state index is -1.07. The Hall–Kier alpha value is -3.35. The van der Waals surface area contributed by atoms with E-state index in [1.165, 1.54) is 0 Å². The SMILES string of the molecule is CCC[C@H](CC(=O)N[C@@H](C(=O)O)C(C)C)NC(=O)OCC1c2ccccc2-c2ccccc21. The van der Waals surface area contributed by atoms with Crippen molar-refractivity contribution in [3.8, 4) is 11.1 Å². The molecule has 176 valence electrons. The Morgan fingerprint density at radius 1 is 0.970 bits per heavy atom. The third kappa shape index (κ3) is 5.92. The molecule has 0 radical (unpaired) electrons. The van der Waals surface area contributed by atoms with Crippen LogP contribution in [0, 0.1) is 5.92 Å². The maximum atomic E-state index is 12.6. The molecule has 1 aliphatic carbocycles. The summed E-state index contributed by atoms with van der Waals surface area (Å²) in [6.45, 7) is 5.62. The number of amides is 2. The Kier molecular flexibility index (Phi) is 8.09. The highest BCUT2D eigenvalue weighted by Gasteiger charge is 2.30. The molecule has 0 spiro atoms. The molecule has 0 aliphatic heterocycles. The van der Waals surface area contributed by atoms with Crippen LogP contribution in [0.5, 0.6) is 0 Å². The van der Waals surface area contributed by atoms with Crippen molar-refractivity contribution >= 4 is 18.0 Å². The van der Waals surface area contributed by atoms with Crippen molar-refractivity contribution in [2.75, 3.05) is 6.61 Å². The Labute approximate surface area is 194 Å². The fourth-order valence-corrected chi connectivity index (χ4v) is 4.35. The first-order valence-corrected chi connectivity index (χ1v) is 11.5. The van der Waals surface area contributed by atoms with E-state index in [1.54, 1.807) is 13.8 Å². The minimum Gasteiger partial charge on any atom is -0.480 e. The lowest BCUT2D eigenvalue weighted by molar-refractivity contribution is -0.143. The van der Waals surface area contributed by atoms with Gasteiger partial charge < -0.3 is 20.5 Å². The predicted molar refractivity (Wildman–Crippen MR) is 126 cm³/mol. The minimum absolute atomic E-state index is 0.00542. The van der Waals surface area contributed by atoms with Crippen molar-refractivity contribution in [2.24, 2.45) is 5.92 Å². The van der Waals surface area contributed by atoms with Crippen LogP contribution in [0.3, 0.4) is 0 Å². The number of carbonyl (C=O) groups is 3. The van der Waals surface area contributed by atoms with E-state index in [2.05, 4.69) is 34.9 Å². The first kappa shape index (κ1) is 24.3. The molecule has 0 aromatic heterocycles. The van der Waals surface area contributed by atoms with E-state index in [-0.39, 0.29) is 24.9 Å². The fraction of sp³-hybridized carbons (Fsp3) is 0.423. The summed E-state index contributed by atoms with van der Waals surface area (Å²) in [5, 5.41) is 14.6. The van der Waals surface area contributed by atoms with Crippen LogP contribution in [-0.2, 0) is 14.3 Å². The molecule has 7 heteroatoms. The lowest BCUT2D eigenvalue weighted by atomic mass is 9.98. The largest absolute Gasteiger partial charge is 0.480 e. The number of ether oxygens (including phenoxy) is 1. The van der Waals surface area contributed by atoms with E-state index in [4.69, 9.17) is 4.74 Å². The Morgan fingerprint density at radius 3 is 2.06 bits per heavy atom. The van der Waals surface area contributed by atoms with Crippen LogP contribution in [0.2, 0.25) is 0 Å². The first-order chi connectivity index (χ1) is 15.8. The zero-order valence-corrected chi connectivity index (χ0v) is 19.3. The number of aliphatic carboxylic acids is 1. The highest BCUT2D eigenvalue weighted by atomic mass is 16.5. The molecule has 2 aromatic rings. The van der Waals surface area contributed by atoms with E-state index < -0.39 is 30.1 Å². The second kappa shape index (κ2) is 11.0. The van der Waals surface area contributed by atoms with Crippen molar-refractivity contribution in [3.63, 3.8) is 0 Å². The normalized spacial score (nSPS) is 14.2. The first-order valence-electron chi connectivity index (χ1n) is 11.5. The van der Waals surface area contributed by atoms with E-state index >= 15 is 0 Å². The van der Waals surface area contributed by atoms with Crippen molar-refractivity contribution < 1.29 is 24.2 Å². The zero-order chi connectivity index (χ0) is 24.0. The summed E-state index contributed by atoms with van der Waals surface area (Å²) < 4.78 is 5.58. The van der Waals surface area contributed by atoms with Crippen LogP contribution in [0.4, 0.5) is 4.79 Å². The van der Waals surface area contributed by atoms with Crippen molar-refractivity contribution in [1.82, 2.24) is 10.6 Å². The number of nitrogens with one attached hydrogen (secondary N) is 2. The average Bonchev–Trinajstić information content (AvgIpc) is 3.09. The quantitative estimate of drug-likeness (QED) is 0.498. The van der Waals surface area contributed by atoms with Gasteiger partial charge in [0.25, 0.3) is 0 Å². The Bertz CT molecular complexity index is 958. The van der Waals surface area contributed by atoms with E-state index in [0.717, 1.165) is 28.7 Å². The average molecular weight is 453 g/mol. The number of alkyl carbamates (subject to hydrolysis) is 1. The number of carboxylic acids is 1. The molecule has 7 nitrogen and oxygen atoms in total. The number of hydrogen-bond acceptors (Lipinski definition) is 4. The summed E-state index contributed by atoms with van der Waals surface area (Å²) >= 11 is 0. The van der Waals surface area contributed by atoms with Gasteiger partial charge in [-0.1, -0.05) is 75.7 Å². The van der Waals surface area contributed by atoms with Gasteiger partial charge in [0.2, 0.25) is 5.91 Å². The van der Waals surface area contributed by atoms with Gasteiger partial charge in [-0.15, -0.1) is 0 Å². The summed E-state index contributed by atoms with van der Waals surface area (Å²) in [4.78, 5) is 36.3. The maximum absolute atomic E-state index is 12.6. The monoisotopic (exact) mass is 452 g/mol. The molecule has 1 aliphatic rings. The van der Waals surface area contributed by atoms with Crippen LogP contribution in [-0.4, -0.2) is 41.8 Å². The highest BCUT2D eigenvalue weighted by molar-refractivity contribution is 5.84. The number of benzene rings is 2. The molecule has 0 bridgehead atoms. The summed E-state index contributed by atoms with van der Waals surface area (Å²) in [6.07, 6.45) is 0.751. The lowest BCUT2D eigenvalue weighted by Crippen LogP contribution is -2.47. The number of carboxylic acid groups (broad SMARTS) is 1. The van der Waals surface area contributed by atoms with Crippen LogP contribution in [0.15, 0.2) is 48.5 Å². The van der Waals surface area contributed by atoms with Gasteiger partial charge in [-0.05, 0) is 34.6 Å². The summed E-state index contributed by atoms with van der Waals surface area (Å²) in [5.41, 5.74) is 4.57. The molecule has 0 unspecified atom stereocenters. The molecule has 0 fully saturated rings. The molecule has 0 heterocycles. The van der Waals surface area contributed by atoms with E-state index in [9.17, 15) is 19.5 Å². The van der Waals surface area contributed by atoms with Gasteiger partial charge in [0.05, 0.1) is 0 Å². The van der Waals surface area contributed by atoms with Gasteiger partial charge in [0.1, 0.15) is 12.6 Å². The summed E-state index contributed by atoms with van der Waals surface area (Å²) in [7, 11) is 0. The molecule has 2 atom stereocenters. The molecule has 3 N–H and O–H groups in total. The molecular formula is C26H32N2O5. The topological polar surface area (TPSA) is 105 Å². The Balaban J connectivity index is 1.59. The fourth-order valence-electron chi connectivity index (χ4n) is 4.35. The molecule has 0 saturated heterocycles. The van der Waals surface area contributed by atoms with Crippen molar-refractivity contribution in [1.29, 1.82) is 0 Å². The van der Waals surface area contributed by atoms with Crippen LogP contribution >= 0.6 is 0 Å². The third-order valence-corrected chi connectivity index (χ3v) is 5.98. The van der Waals surface area contributed by atoms with Gasteiger partial charge in [-0.3, -0.25) is 4.79 Å². The van der Waals surface area contributed by atoms with Gasteiger partial charge >= 0.3 is 12.1 Å². The summed E-state index contributed by atoms with van der Waals surface area (Å²) in [5.74, 6) is -1.77. The smallest absolute Gasteiger partial charge is 0.407 e.